The highest BCUT2D eigenvalue weighted by Gasteiger charge is 2.28. The van der Waals surface area contributed by atoms with Crippen LogP contribution in [0.3, 0.4) is 0 Å². The number of amides is 1. The Hall–Kier alpha value is -2.96. The second-order valence-corrected chi connectivity index (χ2v) is 9.15. The highest BCUT2D eigenvalue weighted by Crippen LogP contribution is 2.42. The van der Waals surface area contributed by atoms with Crippen LogP contribution in [0.1, 0.15) is 27.0 Å². The molecular weight excluding hydrogens is 410 g/mol. The Bertz CT molecular complexity index is 1180. The van der Waals surface area contributed by atoms with Gasteiger partial charge in [-0.05, 0) is 42.5 Å². The number of aromatic nitrogens is 2. The van der Waals surface area contributed by atoms with Crippen molar-refractivity contribution in [2.45, 2.75) is 20.9 Å². The second-order valence-electron chi connectivity index (χ2n) is 6.93. The van der Waals surface area contributed by atoms with Crippen molar-refractivity contribution in [2.75, 3.05) is 5.32 Å². The SMILES string of the molecule is O=C(Nc1cccc(Sc2ccccc2)c1)c1ccn2c1CSC2c1cccnc1. The van der Waals surface area contributed by atoms with E-state index < -0.39 is 0 Å². The predicted molar refractivity (Wildman–Crippen MR) is 123 cm³/mol. The largest absolute Gasteiger partial charge is 0.333 e. The monoisotopic (exact) mass is 429 g/mol. The first kappa shape index (κ1) is 19.0. The number of carbonyl (C=O) groups excluding carboxylic acids is 1. The van der Waals surface area contributed by atoms with Gasteiger partial charge in [-0.25, -0.2) is 0 Å². The molecule has 0 radical (unpaired) electrons. The van der Waals surface area contributed by atoms with Crippen molar-refractivity contribution in [3.63, 3.8) is 0 Å². The van der Waals surface area contributed by atoms with Crippen molar-refractivity contribution in [3.05, 3.63) is 108 Å². The standard InChI is InChI=1S/C24H19N3OS2/c28-23(26-18-7-4-10-20(14-18)30-19-8-2-1-3-9-19)21-11-13-27-22(21)16-29-24(27)17-6-5-12-25-15-17/h1-15,24H,16H2,(H,26,28). The lowest BCUT2D eigenvalue weighted by Crippen LogP contribution is -2.13. The smallest absolute Gasteiger partial charge is 0.257 e. The van der Waals surface area contributed by atoms with E-state index in [9.17, 15) is 4.79 Å². The molecule has 2 aromatic heterocycles. The van der Waals surface area contributed by atoms with Gasteiger partial charge in [0.05, 0.1) is 5.56 Å². The van der Waals surface area contributed by atoms with Gasteiger partial charge in [0, 0.05) is 51.1 Å². The minimum absolute atomic E-state index is 0.0713. The summed E-state index contributed by atoms with van der Waals surface area (Å²) in [5.74, 6) is 0.734. The van der Waals surface area contributed by atoms with Crippen LogP contribution in [0.4, 0.5) is 5.69 Å². The molecule has 0 fully saturated rings. The van der Waals surface area contributed by atoms with E-state index in [0.29, 0.717) is 0 Å². The van der Waals surface area contributed by atoms with Crippen molar-refractivity contribution in [3.8, 4) is 0 Å². The van der Waals surface area contributed by atoms with Gasteiger partial charge in [-0.3, -0.25) is 9.78 Å². The molecule has 1 aliphatic rings. The molecule has 4 aromatic rings. The molecule has 4 nitrogen and oxygen atoms in total. The number of fused-ring (bicyclic) bond motifs is 1. The maximum Gasteiger partial charge on any atom is 0.257 e. The molecule has 2 aromatic carbocycles. The molecule has 1 aliphatic heterocycles. The van der Waals surface area contributed by atoms with E-state index in [1.165, 1.54) is 4.90 Å². The van der Waals surface area contributed by atoms with Crippen LogP contribution in [-0.4, -0.2) is 15.5 Å². The zero-order valence-electron chi connectivity index (χ0n) is 16.1. The Morgan fingerprint density at radius 2 is 1.90 bits per heavy atom. The minimum atomic E-state index is -0.0713. The summed E-state index contributed by atoms with van der Waals surface area (Å²) in [5.41, 5.74) is 3.74. The maximum atomic E-state index is 13.0. The Balaban J connectivity index is 1.33. The average molecular weight is 430 g/mol. The Kier molecular flexibility index (Phi) is 5.34. The molecule has 6 heteroatoms. The topological polar surface area (TPSA) is 46.9 Å². The van der Waals surface area contributed by atoms with Gasteiger partial charge in [0.2, 0.25) is 0 Å². The lowest BCUT2D eigenvalue weighted by molar-refractivity contribution is 0.102. The molecule has 0 bridgehead atoms. The van der Waals surface area contributed by atoms with Crippen molar-refractivity contribution in [1.82, 2.24) is 9.55 Å². The molecule has 1 unspecified atom stereocenters. The van der Waals surface area contributed by atoms with Gasteiger partial charge in [0.1, 0.15) is 5.37 Å². The summed E-state index contributed by atoms with van der Waals surface area (Å²) in [4.78, 5) is 19.5. The molecule has 0 aliphatic carbocycles. The van der Waals surface area contributed by atoms with Gasteiger partial charge in [-0.1, -0.05) is 42.1 Å². The molecule has 1 amide bonds. The van der Waals surface area contributed by atoms with E-state index in [1.54, 1.807) is 18.0 Å². The van der Waals surface area contributed by atoms with E-state index in [0.717, 1.165) is 33.2 Å². The summed E-state index contributed by atoms with van der Waals surface area (Å²) in [7, 11) is 0. The van der Waals surface area contributed by atoms with Crippen molar-refractivity contribution < 1.29 is 4.79 Å². The summed E-state index contributed by atoms with van der Waals surface area (Å²) in [5, 5.41) is 3.24. The van der Waals surface area contributed by atoms with Crippen LogP contribution in [0.25, 0.3) is 0 Å². The number of rotatable bonds is 5. The Labute approximate surface area is 183 Å². The molecule has 1 N–H and O–H groups in total. The van der Waals surface area contributed by atoms with E-state index >= 15 is 0 Å². The van der Waals surface area contributed by atoms with Crippen LogP contribution in [0.15, 0.2) is 101 Å². The third-order valence-electron chi connectivity index (χ3n) is 4.94. The first-order valence-corrected chi connectivity index (χ1v) is 11.5. The summed E-state index contributed by atoms with van der Waals surface area (Å²) in [6.45, 7) is 0. The lowest BCUT2D eigenvalue weighted by atomic mass is 10.2. The second kappa shape index (κ2) is 8.42. The first-order valence-electron chi connectivity index (χ1n) is 9.63. The number of nitrogens with zero attached hydrogens (tertiary/aromatic N) is 2. The van der Waals surface area contributed by atoms with E-state index in [1.807, 2.05) is 72.7 Å². The first-order chi connectivity index (χ1) is 14.8. The van der Waals surface area contributed by atoms with Crippen LogP contribution < -0.4 is 5.32 Å². The van der Waals surface area contributed by atoms with Gasteiger partial charge in [0.25, 0.3) is 5.91 Å². The van der Waals surface area contributed by atoms with Crippen molar-refractivity contribution >= 4 is 35.1 Å². The van der Waals surface area contributed by atoms with Gasteiger partial charge >= 0.3 is 0 Å². The van der Waals surface area contributed by atoms with E-state index in [4.69, 9.17) is 0 Å². The maximum absolute atomic E-state index is 13.0. The summed E-state index contributed by atoms with van der Waals surface area (Å²) in [6, 6.07) is 24.1. The lowest BCUT2D eigenvalue weighted by Gasteiger charge is -2.12. The normalized spacial score (nSPS) is 15.0. The van der Waals surface area contributed by atoms with Gasteiger partial charge in [0.15, 0.2) is 0 Å². The fraction of sp³-hybridized carbons (Fsp3) is 0.0833. The van der Waals surface area contributed by atoms with Crippen LogP contribution in [0.2, 0.25) is 0 Å². The number of nitrogens with one attached hydrogen (secondary N) is 1. The van der Waals surface area contributed by atoms with Crippen LogP contribution in [0.5, 0.6) is 0 Å². The molecule has 3 heterocycles. The highest BCUT2D eigenvalue weighted by molar-refractivity contribution is 7.99. The van der Waals surface area contributed by atoms with Crippen LogP contribution in [-0.2, 0) is 5.75 Å². The fourth-order valence-electron chi connectivity index (χ4n) is 3.54. The number of pyridine rings is 1. The van der Waals surface area contributed by atoms with E-state index in [2.05, 4.69) is 39.1 Å². The molecule has 30 heavy (non-hydrogen) atoms. The quantitative estimate of drug-likeness (QED) is 0.418. The number of benzene rings is 2. The summed E-state index contributed by atoms with van der Waals surface area (Å²) in [6.07, 6.45) is 5.68. The van der Waals surface area contributed by atoms with E-state index in [-0.39, 0.29) is 11.3 Å². The third-order valence-corrected chi connectivity index (χ3v) is 7.19. The average Bonchev–Trinajstić information content (AvgIpc) is 3.37. The number of carbonyl (C=O) groups is 1. The summed E-state index contributed by atoms with van der Waals surface area (Å²) >= 11 is 3.49. The number of hydrogen-bond donors (Lipinski definition) is 1. The molecular formula is C24H19N3OS2. The predicted octanol–water partition coefficient (Wildman–Crippen LogP) is 6.08. The minimum Gasteiger partial charge on any atom is -0.333 e. The fourth-order valence-corrected chi connectivity index (χ4v) is 5.74. The molecule has 0 spiro atoms. The van der Waals surface area contributed by atoms with Crippen molar-refractivity contribution in [1.29, 1.82) is 0 Å². The van der Waals surface area contributed by atoms with Gasteiger partial charge in [-0.15, -0.1) is 11.8 Å². The van der Waals surface area contributed by atoms with Crippen LogP contribution >= 0.6 is 23.5 Å². The zero-order valence-corrected chi connectivity index (χ0v) is 17.7. The van der Waals surface area contributed by atoms with Crippen LogP contribution in [0, 0.1) is 0 Å². The number of anilines is 1. The Morgan fingerprint density at radius 3 is 2.73 bits per heavy atom. The Morgan fingerprint density at radius 1 is 1.03 bits per heavy atom. The van der Waals surface area contributed by atoms with Gasteiger partial charge in [-0.2, -0.15) is 0 Å². The number of thioether (sulfide) groups is 1. The van der Waals surface area contributed by atoms with Crippen molar-refractivity contribution in [2.24, 2.45) is 0 Å². The molecule has 148 valence electrons. The molecule has 0 saturated heterocycles. The number of hydrogen-bond acceptors (Lipinski definition) is 4. The summed E-state index contributed by atoms with van der Waals surface area (Å²) < 4.78 is 2.18. The van der Waals surface area contributed by atoms with Gasteiger partial charge < -0.3 is 9.88 Å². The highest BCUT2D eigenvalue weighted by atomic mass is 32.2. The molecule has 0 saturated carbocycles. The molecule has 5 rings (SSSR count). The molecule has 1 atom stereocenters. The third kappa shape index (κ3) is 3.88. The zero-order chi connectivity index (χ0) is 20.3.